The summed E-state index contributed by atoms with van der Waals surface area (Å²) in [5.41, 5.74) is 2.30. The molecule has 33 heavy (non-hydrogen) atoms. The van der Waals surface area contributed by atoms with E-state index in [1.165, 1.54) is 5.56 Å². The van der Waals surface area contributed by atoms with Gasteiger partial charge in [0.1, 0.15) is 11.7 Å². The molecule has 3 heterocycles. The maximum atomic E-state index is 13.4. The minimum atomic E-state index is -0.303. The number of hydrogen-bond acceptors (Lipinski definition) is 6. The van der Waals surface area contributed by atoms with Gasteiger partial charge >= 0.3 is 0 Å². The predicted octanol–water partition coefficient (Wildman–Crippen LogP) is 2.59. The number of aliphatic hydroxyl groups is 1. The van der Waals surface area contributed by atoms with E-state index >= 15 is 0 Å². The van der Waals surface area contributed by atoms with E-state index in [1.54, 1.807) is 29.6 Å². The Morgan fingerprint density at radius 3 is 2.79 bits per heavy atom. The van der Waals surface area contributed by atoms with Crippen LogP contribution in [0, 0.1) is 23.7 Å². The zero-order chi connectivity index (χ0) is 23.4. The second-order valence-electron chi connectivity index (χ2n) is 9.30. The Balaban J connectivity index is 1.60. The average Bonchev–Trinajstić information content (AvgIpc) is 3.65. The summed E-state index contributed by atoms with van der Waals surface area (Å²) < 4.78 is 6.36. The first-order valence-electron chi connectivity index (χ1n) is 11.6. The van der Waals surface area contributed by atoms with E-state index in [0.717, 1.165) is 19.4 Å². The van der Waals surface area contributed by atoms with Gasteiger partial charge in [0, 0.05) is 55.6 Å². The lowest BCUT2D eigenvalue weighted by Gasteiger charge is -2.37. The highest BCUT2D eigenvalue weighted by molar-refractivity contribution is 5.97. The molecule has 174 valence electrons. The SMILES string of the molecule is C[C@H](CO)N1C[C@H](C)[C@@H](CN(C)Cc2ccncc2)Oc2ncc(C#CC3CC3)cc2C1=O. The summed E-state index contributed by atoms with van der Waals surface area (Å²) in [5, 5.41) is 9.81. The fourth-order valence-electron chi connectivity index (χ4n) is 3.97. The molecule has 1 amide bonds. The van der Waals surface area contributed by atoms with Crippen LogP contribution in [-0.4, -0.2) is 69.7 Å². The molecule has 7 nitrogen and oxygen atoms in total. The van der Waals surface area contributed by atoms with Crippen molar-refractivity contribution in [2.75, 3.05) is 26.7 Å². The minimum absolute atomic E-state index is 0.0483. The first-order valence-corrected chi connectivity index (χ1v) is 11.6. The number of carbonyl (C=O) groups is 1. The Hall–Kier alpha value is -2.95. The van der Waals surface area contributed by atoms with Crippen LogP contribution in [0.15, 0.2) is 36.8 Å². The molecule has 3 atom stereocenters. The molecule has 2 aromatic heterocycles. The number of amides is 1. The van der Waals surface area contributed by atoms with Crippen LogP contribution in [0.4, 0.5) is 0 Å². The van der Waals surface area contributed by atoms with E-state index < -0.39 is 0 Å². The summed E-state index contributed by atoms with van der Waals surface area (Å²) >= 11 is 0. The van der Waals surface area contributed by atoms with Crippen molar-refractivity contribution in [1.29, 1.82) is 0 Å². The molecule has 1 saturated carbocycles. The molecule has 0 bridgehead atoms. The Bertz CT molecular complexity index is 1030. The molecule has 0 saturated heterocycles. The molecule has 4 rings (SSSR count). The molecule has 0 spiro atoms. The number of pyridine rings is 2. The smallest absolute Gasteiger partial charge is 0.259 e. The number of aromatic nitrogens is 2. The third-order valence-electron chi connectivity index (χ3n) is 6.21. The van der Waals surface area contributed by atoms with Gasteiger partial charge in [-0.15, -0.1) is 0 Å². The summed E-state index contributed by atoms with van der Waals surface area (Å²) in [7, 11) is 2.06. The third-order valence-corrected chi connectivity index (χ3v) is 6.21. The molecule has 1 aliphatic heterocycles. The van der Waals surface area contributed by atoms with Gasteiger partial charge in [-0.3, -0.25) is 14.7 Å². The summed E-state index contributed by atoms with van der Waals surface area (Å²) in [6, 6.07) is 5.49. The molecule has 2 aliphatic rings. The van der Waals surface area contributed by atoms with Gasteiger partial charge in [0.2, 0.25) is 5.88 Å². The lowest BCUT2D eigenvalue weighted by Crippen LogP contribution is -2.49. The fraction of sp³-hybridized carbons (Fsp3) is 0.500. The van der Waals surface area contributed by atoms with Crippen LogP contribution >= 0.6 is 0 Å². The van der Waals surface area contributed by atoms with Crippen LogP contribution in [0.3, 0.4) is 0 Å². The van der Waals surface area contributed by atoms with Gasteiger partial charge < -0.3 is 14.7 Å². The Morgan fingerprint density at radius 2 is 2.09 bits per heavy atom. The normalized spacial score (nSPS) is 21.4. The standard InChI is InChI=1S/C26H32N4O3/c1-18-14-30(19(2)17-31)26(32)23-12-22(7-6-20-4-5-20)13-28-25(23)33-24(18)16-29(3)15-21-8-10-27-11-9-21/h8-13,18-20,24,31H,4-5,14-17H2,1-3H3/t18-,19+,24+/m0/s1. The summed E-state index contributed by atoms with van der Waals surface area (Å²) in [6.45, 7) is 5.77. The number of rotatable bonds is 6. The van der Waals surface area contributed by atoms with E-state index in [-0.39, 0.29) is 30.6 Å². The van der Waals surface area contributed by atoms with Crippen molar-refractivity contribution in [3.05, 3.63) is 53.5 Å². The fourth-order valence-corrected chi connectivity index (χ4v) is 3.97. The van der Waals surface area contributed by atoms with Crippen LogP contribution in [0.1, 0.15) is 48.2 Å². The van der Waals surface area contributed by atoms with E-state index in [4.69, 9.17) is 4.74 Å². The molecular weight excluding hydrogens is 416 g/mol. The van der Waals surface area contributed by atoms with Crippen molar-refractivity contribution >= 4 is 5.91 Å². The maximum Gasteiger partial charge on any atom is 0.259 e. The summed E-state index contributed by atoms with van der Waals surface area (Å²) in [4.78, 5) is 26.0. The maximum absolute atomic E-state index is 13.4. The molecule has 0 radical (unpaired) electrons. The van der Waals surface area contributed by atoms with Gasteiger partial charge in [0.15, 0.2) is 0 Å². The second kappa shape index (κ2) is 10.3. The molecule has 1 aliphatic carbocycles. The highest BCUT2D eigenvalue weighted by Crippen LogP contribution is 2.29. The molecule has 0 unspecified atom stereocenters. The summed E-state index contributed by atoms with van der Waals surface area (Å²) in [5.74, 6) is 7.05. The molecule has 1 fully saturated rings. The number of ether oxygens (including phenoxy) is 1. The van der Waals surface area contributed by atoms with Gasteiger partial charge in [-0.1, -0.05) is 18.8 Å². The molecule has 0 aromatic carbocycles. The van der Waals surface area contributed by atoms with E-state index in [2.05, 4.69) is 40.7 Å². The molecule has 7 heteroatoms. The van der Waals surface area contributed by atoms with Gasteiger partial charge in [-0.25, -0.2) is 4.98 Å². The lowest BCUT2D eigenvalue weighted by molar-refractivity contribution is 0.0325. The number of nitrogens with zero attached hydrogens (tertiary/aromatic N) is 4. The first-order chi connectivity index (χ1) is 15.9. The van der Waals surface area contributed by atoms with E-state index in [0.29, 0.717) is 36.0 Å². The van der Waals surface area contributed by atoms with Crippen molar-refractivity contribution in [1.82, 2.24) is 19.8 Å². The van der Waals surface area contributed by atoms with Crippen LogP contribution in [0.2, 0.25) is 0 Å². The lowest BCUT2D eigenvalue weighted by atomic mass is 9.99. The van der Waals surface area contributed by atoms with Crippen LogP contribution in [-0.2, 0) is 6.54 Å². The predicted molar refractivity (Wildman–Crippen MR) is 126 cm³/mol. The highest BCUT2D eigenvalue weighted by Gasteiger charge is 2.34. The highest BCUT2D eigenvalue weighted by atomic mass is 16.5. The topological polar surface area (TPSA) is 78.8 Å². The quantitative estimate of drug-likeness (QED) is 0.685. The largest absolute Gasteiger partial charge is 0.472 e. The number of fused-ring (bicyclic) bond motifs is 1. The third kappa shape index (κ3) is 5.89. The number of hydrogen-bond donors (Lipinski definition) is 1. The van der Waals surface area contributed by atoms with E-state index in [9.17, 15) is 9.90 Å². The molecule has 2 aromatic rings. The number of carbonyl (C=O) groups excluding carboxylic acids is 1. The van der Waals surface area contributed by atoms with E-state index in [1.807, 2.05) is 19.1 Å². The van der Waals surface area contributed by atoms with Gasteiger partial charge in [-0.2, -0.15) is 0 Å². The number of likely N-dealkylation sites (N-methyl/N-ethyl adjacent to an activating group) is 1. The Labute approximate surface area is 195 Å². The Kier molecular flexibility index (Phi) is 7.26. The van der Waals surface area contributed by atoms with Crippen molar-refractivity contribution in [3.63, 3.8) is 0 Å². The summed E-state index contributed by atoms with van der Waals surface area (Å²) in [6.07, 6.45) is 7.38. The molecule has 1 N–H and O–H groups in total. The zero-order valence-electron chi connectivity index (χ0n) is 19.6. The van der Waals surface area contributed by atoms with Crippen molar-refractivity contribution < 1.29 is 14.6 Å². The van der Waals surface area contributed by atoms with Crippen LogP contribution in [0.25, 0.3) is 0 Å². The monoisotopic (exact) mass is 448 g/mol. The van der Waals surface area contributed by atoms with Gasteiger partial charge in [0.25, 0.3) is 5.91 Å². The van der Waals surface area contributed by atoms with Gasteiger partial charge in [0.05, 0.1) is 12.6 Å². The Morgan fingerprint density at radius 1 is 1.33 bits per heavy atom. The molecular formula is C26H32N4O3. The first kappa shape index (κ1) is 23.2. The van der Waals surface area contributed by atoms with Gasteiger partial charge in [-0.05, 0) is 50.6 Å². The van der Waals surface area contributed by atoms with Crippen LogP contribution < -0.4 is 4.74 Å². The van der Waals surface area contributed by atoms with Crippen molar-refractivity contribution in [3.8, 4) is 17.7 Å². The van der Waals surface area contributed by atoms with Crippen molar-refractivity contribution in [2.24, 2.45) is 11.8 Å². The number of aliphatic hydroxyl groups excluding tert-OH is 1. The minimum Gasteiger partial charge on any atom is -0.472 e. The van der Waals surface area contributed by atoms with Crippen LogP contribution in [0.5, 0.6) is 5.88 Å². The second-order valence-corrected chi connectivity index (χ2v) is 9.30. The zero-order valence-corrected chi connectivity index (χ0v) is 19.6. The average molecular weight is 449 g/mol. The van der Waals surface area contributed by atoms with Crippen molar-refractivity contribution in [2.45, 2.75) is 45.4 Å².